The minimum atomic E-state index is 0.971. The number of piperidine rings is 1. The van der Waals surface area contributed by atoms with Gasteiger partial charge < -0.3 is 5.43 Å². The Bertz CT molecular complexity index is 442. The van der Waals surface area contributed by atoms with Gasteiger partial charge in [-0.1, -0.05) is 42.0 Å². The predicted octanol–water partition coefficient (Wildman–Crippen LogP) is 2.41. The predicted molar refractivity (Wildman–Crippen MR) is 74.2 cm³/mol. The molecule has 3 rings (SSSR count). The average molecular weight is 241 g/mol. The summed E-state index contributed by atoms with van der Waals surface area (Å²) in [6.07, 6.45) is 8.93. The lowest BCUT2D eigenvalue weighted by Crippen LogP contribution is -2.49. The molecule has 18 heavy (non-hydrogen) atoms. The maximum absolute atomic E-state index is 3.26. The normalized spacial score (nSPS) is 23.4. The van der Waals surface area contributed by atoms with Gasteiger partial charge in [0.25, 0.3) is 0 Å². The molecule has 2 heterocycles. The van der Waals surface area contributed by atoms with Crippen LogP contribution in [0.15, 0.2) is 48.2 Å². The Morgan fingerprint density at radius 3 is 2.83 bits per heavy atom. The van der Waals surface area contributed by atoms with Crippen LogP contribution in [0, 0.1) is 0 Å². The number of nitrogens with zero attached hydrogens (tertiary/aromatic N) is 2. The van der Waals surface area contributed by atoms with Gasteiger partial charge >= 0.3 is 0 Å². The summed E-state index contributed by atoms with van der Waals surface area (Å²) in [6, 6.07) is 10.6. The summed E-state index contributed by atoms with van der Waals surface area (Å²) in [4.78, 5) is 0. The van der Waals surface area contributed by atoms with Crippen molar-refractivity contribution in [2.75, 3.05) is 19.6 Å². The van der Waals surface area contributed by atoms with Gasteiger partial charge in [0.2, 0.25) is 0 Å². The van der Waals surface area contributed by atoms with Crippen molar-refractivity contribution in [3.63, 3.8) is 0 Å². The summed E-state index contributed by atoms with van der Waals surface area (Å²) in [6.45, 7) is 3.14. The van der Waals surface area contributed by atoms with Crippen molar-refractivity contribution in [1.29, 1.82) is 0 Å². The van der Waals surface area contributed by atoms with Gasteiger partial charge in [0.05, 0.1) is 6.54 Å². The van der Waals surface area contributed by atoms with Gasteiger partial charge in [-0.3, -0.25) is 0 Å². The SMILES string of the molecule is C1=CNN(N2CCCC(=Cc3ccccc3)C2)C1. The number of hydrogen-bond donors (Lipinski definition) is 1. The Hall–Kier alpha value is -1.58. The number of hydrazine groups is 2. The maximum Gasteiger partial charge on any atom is 0.0538 e. The number of benzene rings is 1. The van der Waals surface area contributed by atoms with Crippen LogP contribution >= 0.6 is 0 Å². The molecule has 1 saturated heterocycles. The van der Waals surface area contributed by atoms with Gasteiger partial charge in [-0.15, -0.1) is 0 Å². The fraction of sp³-hybridized carbons (Fsp3) is 0.333. The van der Waals surface area contributed by atoms with Crippen molar-refractivity contribution >= 4 is 6.08 Å². The van der Waals surface area contributed by atoms with Gasteiger partial charge in [0, 0.05) is 19.3 Å². The summed E-state index contributed by atoms with van der Waals surface area (Å²) in [5, 5.41) is 4.58. The summed E-state index contributed by atoms with van der Waals surface area (Å²) in [7, 11) is 0. The molecule has 2 aliphatic rings. The molecule has 1 aromatic carbocycles. The van der Waals surface area contributed by atoms with Crippen LogP contribution in [0.3, 0.4) is 0 Å². The minimum Gasteiger partial charge on any atom is -0.313 e. The first-order valence-electron chi connectivity index (χ1n) is 6.60. The second-order valence-electron chi connectivity index (χ2n) is 4.82. The van der Waals surface area contributed by atoms with Crippen LogP contribution in [0.2, 0.25) is 0 Å². The first-order chi connectivity index (χ1) is 8.92. The van der Waals surface area contributed by atoms with E-state index in [0.717, 1.165) is 19.6 Å². The molecule has 3 nitrogen and oxygen atoms in total. The maximum atomic E-state index is 3.26. The smallest absolute Gasteiger partial charge is 0.0538 e. The molecule has 1 N–H and O–H groups in total. The van der Waals surface area contributed by atoms with Crippen LogP contribution in [0.25, 0.3) is 6.08 Å². The van der Waals surface area contributed by atoms with Crippen LogP contribution < -0.4 is 5.43 Å². The molecule has 2 aliphatic heterocycles. The molecule has 0 bridgehead atoms. The molecular formula is C15H19N3. The highest BCUT2D eigenvalue weighted by atomic mass is 15.8. The molecule has 94 valence electrons. The lowest BCUT2D eigenvalue weighted by Gasteiger charge is -2.35. The number of nitrogens with one attached hydrogen (secondary N) is 1. The van der Waals surface area contributed by atoms with E-state index in [1.54, 1.807) is 0 Å². The first-order valence-corrected chi connectivity index (χ1v) is 6.60. The van der Waals surface area contributed by atoms with Crippen molar-refractivity contribution < 1.29 is 0 Å². The van der Waals surface area contributed by atoms with E-state index in [4.69, 9.17) is 0 Å². The molecule has 0 amide bonds. The minimum absolute atomic E-state index is 0.971. The van der Waals surface area contributed by atoms with E-state index in [2.05, 4.69) is 58.0 Å². The van der Waals surface area contributed by atoms with Gasteiger partial charge in [-0.05, 0) is 24.5 Å². The molecule has 0 aliphatic carbocycles. The molecule has 1 aromatic rings. The second-order valence-corrected chi connectivity index (χ2v) is 4.82. The van der Waals surface area contributed by atoms with Crippen molar-refractivity contribution in [2.24, 2.45) is 0 Å². The zero-order valence-corrected chi connectivity index (χ0v) is 10.5. The van der Waals surface area contributed by atoms with E-state index < -0.39 is 0 Å². The molecule has 0 unspecified atom stereocenters. The van der Waals surface area contributed by atoms with Crippen LogP contribution in [0.5, 0.6) is 0 Å². The molecule has 0 radical (unpaired) electrons. The fourth-order valence-corrected chi connectivity index (χ4v) is 2.53. The highest BCUT2D eigenvalue weighted by molar-refractivity contribution is 5.53. The summed E-state index contributed by atoms with van der Waals surface area (Å²) < 4.78 is 0. The van der Waals surface area contributed by atoms with Crippen molar-refractivity contribution in [3.8, 4) is 0 Å². The van der Waals surface area contributed by atoms with E-state index in [0.29, 0.717) is 0 Å². The zero-order valence-electron chi connectivity index (χ0n) is 10.5. The van der Waals surface area contributed by atoms with Crippen LogP contribution in [0.4, 0.5) is 0 Å². The Kier molecular flexibility index (Phi) is 3.44. The fourth-order valence-electron chi connectivity index (χ4n) is 2.53. The summed E-state index contributed by atoms with van der Waals surface area (Å²) >= 11 is 0. The Morgan fingerprint density at radius 2 is 2.06 bits per heavy atom. The van der Waals surface area contributed by atoms with E-state index in [-0.39, 0.29) is 0 Å². The Morgan fingerprint density at radius 1 is 1.17 bits per heavy atom. The van der Waals surface area contributed by atoms with Gasteiger partial charge in [0.1, 0.15) is 0 Å². The Balaban J connectivity index is 1.68. The largest absolute Gasteiger partial charge is 0.313 e. The molecule has 0 atom stereocenters. The second kappa shape index (κ2) is 5.38. The van der Waals surface area contributed by atoms with Crippen LogP contribution in [-0.2, 0) is 0 Å². The standard InChI is InChI=1S/C15H19N3/c1-2-6-14(7-3-1)12-15-8-4-10-17(13-15)18-11-5-9-16-18/h1-3,5-7,9,12,16H,4,8,10-11,13H2. The topological polar surface area (TPSA) is 18.5 Å². The summed E-state index contributed by atoms with van der Waals surface area (Å²) in [5.41, 5.74) is 6.08. The number of rotatable bonds is 2. The highest BCUT2D eigenvalue weighted by Gasteiger charge is 2.20. The Labute approximate surface area is 108 Å². The van der Waals surface area contributed by atoms with Crippen molar-refractivity contribution in [2.45, 2.75) is 12.8 Å². The average Bonchev–Trinajstić information content (AvgIpc) is 2.94. The molecular weight excluding hydrogens is 222 g/mol. The monoisotopic (exact) mass is 241 g/mol. The third-order valence-corrected chi connectivity index (χ3v) is 3.43. The third-order valence-electron chi connectivity index (χ3n) is 3.43. The van der Waals surface area contributed by atoms with Crippen molar-refractivity contribution in [3.05, 3.63) is 53.7 Å². The van der Waals surface area contributed by atoms with E-state index in [1.165, 1.54) is 24.0 Å². The molecule has 0 spiro atoms. The van der Waals surface area contributed by atoms with Crippen molar-refractivity contribution in [1.82, 2.24) is 15.6 Å². The summed E-state index contributed by atoms with van der Waals surface area (Å²) in [5.74, 6) is 0. The van der Waals surface area contributed by atoms with E-state index in [9.17, 15) is 0 Å². The lowest BCUT2D eigenvalue weighted by molar-refractivity contribution is -0.0391. The van der Waals surface area contributed by atoms with E-state index >= 15 is 0 Å². The number of hydrogen-bond acceptors (Lipinski definition) is 3. The van der Waals surface area contributed by atoms with Gasteiger partial charge in [-0.2, -0.15) is 5.12 Å². The van der Waals surface area contributed by atoms with Crippen LogP contribution in [-0.4, -0.2) is 29.8 Å². The molecule has 1 fully saturated rings. The quantitative estimate of drug-likeness (QED) is 0.858. The molecule has 0 aromatic heterocycles. The third kappa shape index (κ3) is 2.63. The van der Waals surface area contributed by atoms with E-state index in [1.807, 2.05) is 6.20 Å². The van der Waals surface area contributed by atoms with Gasteiger partial charge in [-0.25, -0.2) is 5.01 Å². The first kappa shape index (κ1) is 11.5. The lowest BCUT2D eigenvalue weighted by atomic mass is 10.0. The highest BCUT2D eigenvalue weighted by Crippen LogP contribution is 2.20. The molecule has 3 heteroatoms. The molecule has 0 saturated carbocycles. The van der Waals surface area contributed by atoms with Gasteiger partial charge in [0.15, 0.2) is 0 Å². The zero-order chi connectivity index (χ0) is 12.2. The van der Waals surface area contributed by atoms with Crippen LogP contribution in [0.1, 0.15) is 18.4 Å².